The van der Waals surface area contributed by atoms with Crippen LogP contribution in [-0.2, 0) is 11.3 Å². The van der Waals surface area contributed by atoms with E-state index in [1.807, 2.05) is 97.4 Å². The van der Waals surface area contributed by atoms with Gasteiger partial charge in [0.2, 0.25) is 5.91 Å². The monoisotopic (exact) mass is 495 g/mol. The molecule has 0 saturated carbocycles. The van der Waals surface area contributed by atoms with Gasteiger partial charge in [-0.3, -0.25) is 9.48 Å². The normalized spacial score (nSPS) is 11.9. The van der Waals surface area contributed by atoms with Crippen LogP contribution in [0.25, 0.3) is 0 Å². The molecule has 1 atom stereocenters. The smallest absolute Gasteiger partial charge is 0.242 e. The van der Waals surface area contributed by atoms with E-state index < -0.39 is 5.25 Å². The van der Waals surface area contributed by atoms with Gasteiger partial charge in [-0.25, -0.2) is 0 Å². The molecule has 0 aliphatic rings. The fourth-order valence-corrected chi connectivity index (χ4v) is 5.15. The number of benzene rings is 3. The number of aryl methyl sites for hydroxylation is 1. The SMILES string of the molecule is Cc1nn(Cc2c(Cl)cccc2Cl)c(C)c1NC(=O)[C@@H](Sc1ccccc1)c1ccccc1. The van der Waals surface area contributed by atoms with Crippen molar-refractivity contribution in [3.63, 3.8) is 0 Å². The van der Waals surface area contributed by atoms with Gasteiger partial charge >= 0.3 is 0 Å². The first-order valence-corrected chi connectivity index (χ1v) is 12.1. The van der Waals surface area contributed by atoms with E-state index in [0.29, 0.717) is 22.3 Å². The molecule has 7 heteroatoms. The minimum Gasteiger partial charge on any atom is -0.322 e. The first kappa shape index (κ1) is 23.4. The molecular weight excluding hydrogens is 473 g/mol. The standard InChI is InChI=1S/C26H23Cl2N3OS/c1-17-24(18(2)31(30-17)16-21-22(27)14-9-15-23(21)28)29-26(32)25(19-10-5-3-6-11-19)33-20-12-7-4-8-13-20/h3-15,25H,16H2,1-2H3,(H,29,32)/t25-/m0/s1. The second-order valence-corrected chi connectivity index (χ2v) is 9.61. The summed E-state index contributed by atoms with van der Waals surface area (Å²) in [6.45, 7) is 4.24. The van der Waals surface area contributed by atoms with Crippen LogP contribution in [0.4, 0.5) is 5.69 Å². The van der Waals surface area contributed by atoms with Crippen molar-refractivity contribution >= 4 is 46.6 Å². The molecule has 0 unspecified atom stereocenters. The second kappa shape index (κ2) is 10.5. The number of nitrogens with one attached hydrogen (secondary N) is 1. The maximum absolute atomic E-state index is 13.5. The highest BCUT2D eigenvalue weighted by molar-refractivity contribution is 8.00. The largest absolute Gasteiger partial charge is 0.322 e. The fourth-order valence-electron chi connectivity index (χ4n) is 3.59. The molecule has 1 heterocycles. The van der Waals surface area contributed by atoms with Crippen LogP contribution in [0.3, 0.4) is 0 Å². The van der Waals surface area contributed by atoms with Crippen LogP contribution in [0.1, 0.15) is 27.8 Å². The fraction of sp³-hybridized carbons (Fsp3) is 0.154. The summed E-state index contributed by atoms with van der Waals surface area (Å²) >= 11 is 14.2. The van der Waals surface area contributed by atoms with E-state index in [1.165, 1.54) is 11.8 Å². The van der Waals surface area contributed by atoms with Crippen LogP contribution in [0, 0.1) is 13.8 Å². The Balaban J connectivity index is 1.61. The van der Waals surface area contributed by atoms with Crippen molar-refractivity contribution in [2.45, 2.75) is 30.5 Å². The van der Waals surface area contributed by atoms with E-state index in [-0.39, 0.29) is 5.91 Å². The summed E-state index contributed by atoms with van der Waals surface area (Å²) in [5, 5.41) is 8.52. The van der Waals surface area contributed by atoms with Gasteiger partial charge in [-0.1, -0.05) is 77.8 Å². The zero-order valence-corrected chi connectivity index (χ0v) is 20.6. The summed E-state index contributed by atoms with van der Waals surface area (Å²) < 4.78 is 1.82. The lowest BCUT2D eigenvalue weighted by atomic mass is 10.1. The molecule has 1 amide bonds. The number of halogens is 2. The average Bonchev–Trinajstić information content (AvgIpc) is 3.08. The first-order chi connectivity index (χ1) is 15.9. The minimum absolute atomic E-state index is 0.100. The third kappa shape index (κ3) is 5.44. The lowest BCUT2D eigenvalue weighted by Crippen LogP contribution is -2.20. The van der Waals surface area contributed by atoms with Gasteiger partial charge in [-0.15, -0.1) is 11.8 Å². The van der Waals surface area contributed by atoms with Crippen LogP contribution in [0.15, 0.2) is 83.8 Å². The van der Waals surface area contributed by atoms with Crippen molar-refractivity contribution in [1.29, 1.82) is 0 Å². The van der Waals surface area contributed by atoms with E-state index in [9.17, 15) is 4.79 Å². The van der Waals surface area contributed by atoms with Crippen LogP contribution in [0.2, 0.25) is 10.0 Å². The van der Waals surface area contributed by atoms with Crippen LogP contribution in [-0.4, -0.2) is 15.7 Å². The quantitative estimate of drug-likeness (QED) is 0.273. The van der Waals surface area contributed by atoms with Gasteiger partial charge in [0.05, 0.1) is 23.6 Å². The lowest BCUT2D eigenvalue weighted by Gasteiger charge is -2.17. The Labute approximate surface area is 207 Å². The highest BCUT2D eigenvalue weighted by atomic mass is 35.5. The van der Waals surface area contributed by atoms with Crippen LogP contribution >= 0.6 is 35.0 Å². The predicted octanol–water partition coefficient (Wildman–Crippen LogP) is 7.33. The van der Waals surface area contributed by atoms with Gasteiger partial charge in [0, 0.05) is 20.5 Å². The molecule has 0 aliphatic carbocycles. The highest BCUT2D eigenvalue weighted by Crippen LogP contribution is 2.37. The van der Waals surface area contributed by atoms with Gasteiger partial charge in [0.25, 0.3) is 0 Å². The van der Waals surface area contributed by atoms with Crippen LogP contribution < -0.4 is 5.32 Å². The Hall–Kier alpha value is -2.73. The number of nitrogens with zero attached hydrogens (tertiary/aromatic N) is 2. The maximum atomic E-state index is 13.5. The molecule has 0 saturated heterocycles. The Kier molecular flexibility index (Phi) is 7.43. The molecule has 4 aromatic rings. The summed E-state index contributed by atoms with van der Waals surface area (Å²) in [6, 6.07) is 25.2. The summed E-state index contributed by atoms with van der Waals surface area (Å²) in [5.41, 5.74) is 4.02. The Morgan fingerprint density at radius 3 is 2.18 bits per heavy atom. The molecule has 0 radical (unpaired) electrons. The molecule has 0 spiro atoms. The van der Waals surface area contributed by atoms with E-state index >= 15 is 0 Å². The number of rotatable bonds is 7. The Morgan fingerprint density at radius 2 is 1.55 bits per heavy atom. The Morgan fingerprint density at radius 1 is 0.939 bits per heavy atom. The van der Waals surface area contributed by atoms with E-state index in [2.05, 4.69) is 10.4 Å². The molecule has 1 N–H and O–H groups in total. The summed E-state index contributed by atoms with van der Waals surface area (Å²) in [6.07, 6.45) is 0. The van der Waals surface area contributed by atoms with Crippen molar-refractivity contribution in [2.75, 3.05) is 5.32 Å². The number of anilines is 1. The predicted molar refractivity (Wildman–Crippen MR) is 137 cm³/mol. The van der Waals surface area contributed by atoms with E-state index in [4.69, 9.17) is 23.2 Å². The second-order valence-electron chi connectivity index (χ2n) is 7.61. The molecule has 33 heavy (non-hydrogen) atoms. The highest BCUT2D eigenvalue weighted by Gasteiger charge is 2.24. The van der Waals surface area contributed by atoms with E-state index in [0.717, 1.165) is 27.4 Å². The van der Waals surface area contributed by atoms with Gasteiger partial charge in [-0.05, 0) is 43.7 Å². The summed E-state index contributed by atoms with van der Waals surface area (Å²) in [4.78, 5) is 14.5. The summed E-state index contributed by atoms with van der Waals surface area (Å²) in [7, 11) is 0. The number of hydrogen-bond donors (Lipinski definition) is 1. The minimum atomic E-state index is -0.409. The molecule has 4 rings (SSSR count). The van der Waals surface area contributed by atoms with Gasteiger partial charge in [-0.2, -0.15) is 5.10 Å². The number of thioether (sulfide) groups is 1. The molecule has 0 bridgehead atoms. The maximum Gasteiger partial charge on any atom is 0.242 e. The molecular formula is C26H23Cl2N3OS. The molecule has 3 aromatic carbocycles. The van der Waals surface area contributed by atoms with Crippen molar-refractivity contribution in [1.82, 2.24) is 9.78 Å². The zero-order valence-electron chi connectivity index (χ0n) is 18.3. The van der Waals surface area contributed by atoms with Crippen molar-refractivity contribution in [2.24, 2.45) is 0 Å². The van der Waals surface area contributed by atoms with Crippen molar-refractivity contribution in [3.05, 3.63) is 111 Å². The topological polar surface area (TPSA) is 46.9 Å². The molecule has 4 nitrogen and oxygen atoms in total. The molecule has 0 aliphatic heterocycles. The lowest BCUT2D eigenvalue weighted by molar-refractivity contribution is -0.115. The zero-order chi connectivity index (χ0) is 23.4. The van der Waals surface area contributed by atoms with Crippen molar-refractivity contribution in [3.8, 4) is 0 Å². The molecule has 1 aromatic heterocycles. The number of amides is 1. The van der Waals surface area contributed by atoms with Crippen molar-refractivity contribution < 1.29 is 4.79 Å². The van der Waals surface area contributed by atoms with Crippen LogP contribution in [0.5, 0.6) is 0 Å². The Bertz CT molecular complexity index is 1240. The average molecular weight is 496 g/mol. The number of carbonyl (C=O) groups excluding carboxylic acids is 1. The number of aromatic nitrogens is 2. The third-order valence-corrected chi connectivity index (χ3v) is 7.31. The number of carbonyl (C=O) groups is 1. The van der Waals surface area contributed by atoms with Gasteiger partial charge in [0.1, 0.15) is 5.25 Å². The molecule has 0 fully saturated rings. The summed E-state index contributed by atoms with van der Waals surface area (Å²) in [5.74, 6) is -0.100. The van der Waals surface area contributed by atoms with Gasteiger partial charge < -0.3 is 5.32 Å². The van der Waals surface area contributed by atoms with Gasteiger partial charge in [0.15, 0.2) is 0 Å². The first-order valence-electron chi connectivity index (χ1n) is 10.5. The number of hydrogen-bond acceptors (Lipinski definition) is 3. The van der Waals surface area contributed by atoms with E-state index in [1.54, 1.807) is 0 Å². The third-order valence-electron chi connectivity index (χ3n) is 5.34. The molecule has 168 valence electrons.